The van der Waals surface area contributed by atoms with Crippen LogP contribution in [0.25, 0.3) is 0 Å². The molecule has 1 aromatic carbocycles. The number of nitro benzene ring substituents is 1. The maximum atomic E-state index is 11.2. The van der Waals surface area contributed by atoms with E-state index in [-0.39, 0.29) is 34.8 Å². The first-order chi connectivity index (χ1) is 11.9. The summed E-state index contributed by atoms with van der Waals surface area (Å²) in [7, 11) is 1.31. The van der Waals surface area contributed by atoms with Gasteiger partial charge in [-0.1, -0.05) is 47.1 Å². The summed E-state index contributed by atoms with van der Waals surface area (Å²) in [5.74, 6) is 0.135. The normalized spacial score (nSPS) is 10.5. The van der Waals surface area contributed by atoms with Gasteiger partial charge in [0.1, 0.15) is 10.3 Å². The van der Waals surface area contributed by atoms with Gasteiger partial charge < -0.3 is 4.74 Å². The van der Waals surface area contributed by atoms with Crippen molar-refractivity contribution in [2.24, 2.45) is 0 Å². The average molecular weight is 402 g/mol. The number of carbonyl (C=O) groups excluding carboxylic acids is 1. The van der Waals surface area contributed by atoms with Crippen LogP contribution in [0.1, 0.15) is 17.5 Å². The van der Waals surface area contributed by atoms with E-state index in [1.54, 1.807) is 12.1 Å². The van der Waals surface area contributed by atoms with E-state index in [4.69, 9.17) is 23.2 Å². The molecule has 1 heterocycles. The van der Waals surface area contributed by atoms with Gasteiger partial charge in [-0.2, -0.15) is 0 Å². The lowest BCUT2D eigenvalue weighted by atomic mass is 10.2. The number of hydrogen-bond acceptors (Lipinski definition) is 7. The number of nitrogens with zero attached hydrogens (tertiary/aromatic N) is 3. The molecular formula is C15H13Cl2N3O4S. The Hall–Kier alpha value is -1.90. The van der Waals surface area contributed by atoms with Crippen LogP contribution < -0.4 is 0 Å². The van der Waals surface area contributed by atoms with Crippen molar-refractivity contribution in [3.8, 4) is 0 Å². The van der Waals surface area contributed by atoms with Crippen LogP contribution in [0.4, 0.5) is 5.69 Å². The second-order valence-corrected chi connectivity index (χ2v) is 6.51. The van der Waals surface area contributed by atoms with Crippen molar-refractivity contribution in [2.45, 2.75) is 23.8 Å². The van der Waals surface area contributed by atoms with Gasteiger partial charge in [-0.3, -0.25) is 14.9 Å². The van der Waals surface area contributed by atoms with Crippen LogP contribution in [0, 0.1) is 10.1 Å². The lowest BCUT2D eigenvalue weighted by Gasteiger charge is -2.07. The van der Waals surface area contributed by atoms with Crippen molar-refractivity contribution >= 4 is 46.6 Å². The third-order valence-electron chi connectivity index (χ3n) is 3.21. The van der Waals surface area contributed by atoms with Crippen LogP contribution in [0.15, 0.2) is 29.4 Å². The molecule has 7 nitrogen and oxygen atoms in total. The minimum absolute atomic E-state index is 0.0334. The van der Waals surface area contributed by atoms with E-state index in [9.17, 15) is 14.9 Å². The Labute approximate surface area is 157 Å². The van der Waals surface area contributed by atoms with Gasteiger partial charge in [0.15, 0.2) is 5.16 Å². The summed E-state index contributed by atoms with van der Waals surface area (Å²) in [6, 6.07) is 6.21. The maximum absolute atomic E-state index is 11.2. The van der Waals surface area contributed by atoms with Gasteiger partial charge in [-0.05, 0) is 12.0 Å². The highest BCUT2D eigenvalue weighted by molar-refractivity contribution is 7.98. The molecule has 0 unspecified atom stereocenters. The number of esters is 1. The molecule has 132 valence electrons. The summed E-state index contributed by atoms with van der Waals surface area (Å²) in [5.41, 5.74) is 1.40. The number of thioether (sulfide) groups is 1. The van der Waals surface area contributed by atoms with E-state index < -0.39 is 4.92 Å². The standard InChI is InChI=1S/C15H13Cl2N3O4S/c1-24-12(21)7-6-11-13(16)18-15(19-14(11)17)25-8-9-2-4-10(5-3-9)20(22)23/h2-5H,6-8H2,1H3. The summed E-state index contributed by atoms with van der Waals surface area (Å²) in [4.78, 5) is 29.7. The molecule has 0 bridgehead atoms. The van der Waals surface area contributed by atoms with E-state index in [1.807, 2.05) is 0 Å². The Balaban J connectivity index is 2.03. The number of aromatic nitrogens is 2. The smallest absolute Gasteiger partial charge is 0.305 e. The molecule has 10 heteroatoms. The second kappa shape index (κ2) is 8.98. The number of non-ortho nitro benzene ring substituents is 1. The first-order valence-electron chi connectivity index (χ1n) is 7.05. The zero-order valence-corrected chi connectivity index (χ0v) is 15.4. The van der Waals surface area contributed by atoms with Gasteiger partial charge in [-0.25, -0.2) is 9.97 Å². The SMILES string of the molecule is COC(=O)CCc1c(Cl)nc(SCc2ccc([N+](=O)[O-])cc2)nc1Cl. The van der Waals surface area contributed by atoms with E-state index in [0.717, 1.165) is 5.56 Å². The predicted octanol–water partition coefficient (Wildman–Crippen LogP) is 4.09. The predicted molar refractivity (Wildman–Crippen MR) is 95.0 cm³/mol. The number of benzene rings is 1. The van der Waals surface area contributed by atoms with Gasteiger partial charge in [0.05, 0.1) is 12.0 Å². The van der Waals surface area contributed by atoms with Gasteiger partial charge in [-0.15, -0.1) is 0 Å². The van der Waals surface area contributed by atoms with E-state index in [1.165, 1.54) is 31.0 Å². The molecule has 2 aromatic rings. The van der Waals surface area contributed by atoms with Gasteiger partial charge in [0.2, 0.25) is 0 Å². The fraction of sp³-hybridized carbons (Fsp3) is 0.267. The van der Waals surface area contributed by atoms with Crippen LogP contribution in [0.2, 0.25) is 10.3 Å². The lowest BCUT2D eigenvalue weighted by molar-refractivity contribution is -0.384. The number of hydrogen-bond donors (Lipinski definition) is 0. The molecule has 0 N–H and O–H groups in total. The highest BCUT2D eigenvalue weighted by Gasteiger charge is 2.14. The number of ether oxygens (including phenoxy) is 1. The fourth-order valence-electron chi connectivity index (χ4n) is 1.87. The first-order valence-corrected chi connectivity index (χ1v) is 8.79. The Bertz CT molecular complexity index is 764. The quantitative estimate of drug-likeness (QED) is 0.172. The van der Waals surface area contributed by atoms with Crippen molar-refractivity contribution in [1.29, 1.82) is 0 Å². The Morgan fingerprint density at radius 2 is 1.84 bits per heavy atom. The molecule has 0 aliphatic carbocycles. The molecule has 0 aliphatic heterocycles. The molecule has 0 saturated carbocycles. The van der Waals surface area contributed by atoms with Crippen LogP contribution in [-0.4, -0.2) is 28.0 Å². The van der Waals surface area contributed by atoms with Crippen molar-refractivity contribution in [1.82, 2.24) is 9.97 Å². The van der Waals surface area contributed by atoms with E-state index >= 15 is 0 Å². The largest absolute Gasteiger partial charge is 0.469 e. The number of methoxy groups -OCH3 is 1. The molecule has 0 spiro atoms. The van der Waals surface area contributed by atoms with Crippen LogP contribution in [0.3, 0.4) is 0 Å². The van der Waals surface area contributed by atoms with E-state index in [0.29, 0.717) is 16.5 Å². The van der Waals surface area contributed by atoms with Gasteiger partial charge in [0, 0.05) is 29.9 Å². The molecule has 0 atom stereocenters. The topological polar surface area (TPSA) is 95.2 Å². The molecule has 2 rings (SSSR count). The summed E-state index contributed by atoms with van der Waals surface area (Å²) >= 11 is 13.5. The third-order valence-corrected chi connectivity index (χ3v) is 4.75. The molecule has 0 amide bonds. The molecule has 0 saturated heterocycles. The monoisotopic (exact) mass is 401 g/mol. The Morgan fingerprint density at radius 3 is 2.36 bits per heavy atom. The number of nitro groups is 1. The molecule has 0 fully saturated rings. The molecule has 1 aromatic heterocycles. The average Bonchev–Trinajstić information content (AvgIpc) is 2.59. The van der Waals surface area contributed by atoms with Crippen LogP contribution in [-0.2, 0) is 21.7 Å². The first kappa shape index (κ1) is 19.4. The summed E-state index contributed by atoms with van der Waals surface area (Å²) in [6.07, 6.45) is 0.423. The minimum atomic E-state index is -0.452. The van der Waals surface area contributed by atoms with Gasteiger partial charge >= 0.3 is 5.97 Å². The molecule has 25 heavy (non-hydrogen) atoms. The summed E-state index contributed by atoms with van der Waals surface area (Å²) in [6.45, 7) is 0. The van der Waals surface area contributed by atoms with Gasteiger partial charge in [0.25, 0.3) is 5.69 Å². The fourth-order valence-corrected chi connectivity index (χ4v) is 3.35. The summed E-state index contributed by atoms with van der Waals surface area (Å²) < 4.78 is 4.57. The van der Waals surface area contributed by atoms with E-state index in [2.05, 4.69) is 14.7 Å². The van der Waals surface area contributed by atoms with Crippen molar-refractivity contribution in [2.75, 3.05) is 7.11 Å². The molecular weight excluding hydrogens is 389 g/mol. The minimum Gasteiger partial charge on any atom is -0.469 e. The Kier molecular flexibility index (Phi) is 6.98. The Morgan fingerprint density at radius 1 is 1.24 bits per heavy atom. The number of carbonyl (C=O) groups is 1. The van der Waals surface area contributed by atoms with Crippen LogP contribution >= 0.6 is 35.0 Å². The maximum Gasteiger partial charge on any atom is 0.305 e. The molecule has 0 aliphatic rings. The van der Waals surface area contributed by atoms with Crippen molar-refractivity contribution in [3.05, 3.63) is 55.8 Å². The zero-order valence-electron chi connectivity index (χ0n) is 13.1. The highest BCUT2D eigenvalue weighted by atomic mass is 35.5. The second-order valence-electron chi connectivity index (χ2n) is 4.85. The lowest BCUT2D eigenvalue weighted by Crippen LogP contribution is -2.04. The summed E-state index contributed by atoms with van der Waals surface area (Å²) in [5, 5.41) is 11.4. The third kappa shape index (κ3) is 5.55. The zero-order chi connectivity index (χ0) is 18.4. The van der Waals surface area contributed by atoms with Crippen LogP contribution in [0.5, 0.6) is 0 Å². The number of halogens is 2. The van der Waals surface area contributed by atoms with Crippen molar-refractivity contribution in [3.63, 3.8) is 0 Å². The molecule has 0 radical (unpaired) electrons. The van der Waals surface area contributed by atoms with Crippen molar-refractivity contribution < 1.29 is 14.5 Å². The number of rotatable bonds is 7. The highest BCUT2D eigenvalue weighted by Crippen LogP contribution is 2.28.